The van der Waals surface area contributed by atoms with E-state index in [9.17, 15) is 18.4 Å². The zero-order valence-electron chi connectivity index (χ0n) is 24.7. The topological polar surface area (TPSA) is 108 Å². The lowest BCUT2D eigenvalue weighted by molar-refractivity contribution is -0.0498. The van der Waals surface area contributed by atoms with Gasteiger partial charge in [0.05, 0.1) is 13.1 Å². The third-order valence-electron chi connectivity index (χ3n) is 8.03. The largest absolute Gasteiger partial charge is 0.435 e. The van der Waals surface area contributed by atoms with Gasteiger partial charge in [0.1, 0.15) is 11.6 Å². The van der Waals surface area contributed by atoms with Gasteiger partial charge >= 0.3 is 6.61 Å². The first-order chi connectivity index (χ1) is 21.9. The summed E-state index contributed by atoms with van der Waals surface area (Å²) in [6, 6.07) is 25.1. The molecule has 2 N–H and O–H groups in total. The molecule has 3 aromatic carbocycles. The Hall–Kier alpha value is -4.90. The first kappa shape index (κ1) is 30.1. The number of carbonyl (C=O) groups is 1. The van der Waals surface area contributed by atoms with E-state index in [1.165, 1.54) is 28.8 Å². The summed E-state index contributed by atoms with van der Waals surface area (Å²) in [6.07, 6.45) is 2.83. The van der Waals surface area contributed by atoms with Crippen molar-refractivity contribution in [1.29, 1.82) is 0 Å². The molecule has 11 heteroatoms. The maximum Gasteiger partial charge on any atom is 0.387 e. The van der Waals surface area contributed by atoms with Crippen LogP contribution in [-0.2, 0) is 25.9 Å². The molecule has 1 atom stereocenters. The van der Waals surface area contributed by atoms with E-state index in [0.717, 1.165) is 30.5 Å². The molecule has 0 spiro atoms. The van der Waals surface area contributed by atoms with Crippen molar-refractivity contribution in [1.82, 2.24) is 19.1 Å². The number of alkyl halides is 2. The molecular weight excluding hydrogens is 578 g/mol. The molecule has 5 aromatic rings. The fourth-order valence-electron chi connectivity index (χ4n) is 5.81. The van der Waals surface area contributed by atoms with Crippen molar-refractivity contribution in [3.8, 4) is 5.75 Å². The number of hydrogen-bond acceptors (Lipinski definition) is 7. The van der Waals surface area contributed by atoms with Crippen LogP contribution in [-0.4, -0.2) is 50.6 Å². The molecule has 1 aliphatic rings. The highest BCUT2D eigenvalue weighted by molar-refractivity contribution is 5.96. The first-order valence-electron chi connectivity index (χ1n) is 15.0. The number of ketones is 1. The van der Waals surface area contributed by atoms with Crippen LogP contribution in [0, 0.1) is 0 Å². The van der Waals surface area contributed by atoms with Crippen LogP contribution in [0.3, 0.4) is 0 Å². The average molecular weight is 613 g/mol. The summed E-state index contributed by atoms with van der Waals surface area (Å²) >= 11 is 0. The fraction of sp³-hybridized carbons (Fsp3) is 0.294. The average Bonchev–Trinajstić information content (AvgIpc) is 3.40. The van der Waals surface area contributed by atoms with Crippen molar-refractivity contribution < 1.29 is 18.3 Å². The van der Waals surface area contributed by atoms with Crippen molar-refractivity contribution in [3.63, 3.8) is 0 Å². The molecule has 232 valence electrons. The molecule has 0 bridgehead atoms. The molecule has 0 aliphatic carbocycles. The van der Waals surface area contributed by atoms with E-state index < -0.39 is 6.61 Å². The summed E-state index contributed by atoms with van der Waals surface area (Å²) in [5.74, 6) is 0.647. The highest BCUT2D eigenvalue weighted by atomic mass is 19.3. The van der Waals surface area contributed by atoms with Gasteiger partial charge in [-0.1, -0.05) is 60.7 Å². The number of benzene rings is 3. The normalized spacial score (nSPS) is 15.1. The number of aromatic nitrogens is 4. The summed E-state index contributed by atoms with van der Waals surface area (Å²) in [6.45, 7) is -1.50. The fourth-order valence-corrected chi connectivity index (χ4v) is 5.81. The Bertz CT molecular complexity index is 1820. The van der Waals surface area contributed by atoms with Crippen LogP contribution in [0.4, 0.5) is 14.7 Å². The quantitative estimate of drug-likeness (QED) is 0.213. The van der Waals surface area contributed by atoms with E-state index in [1.54, 1.807) is 0 Å². The van der Waals surface area contributed by atoms with Gasteiger partial charge in [0.25, 0.3) is 5.56 Å². The van der Waals surface area contributed by atoms with Crippen molar-refractivity contribution in [3.05, 3.63) is 118 Å². The van der Waals surface area contributed by atoms with Gasteiger partial charge in [-0.15, -0.1) is 0 Å². The lowest BCUT2D eigenvalue weighted by Gasteiger charge is -2.31. The lowest BCUT2D eigenvalue weighted by atomic mass is 10.1. The number of imidazole rings is 1. The minimum Gasteiger partial charge on any atom is -0.435 e. The minimum absolute atomic E-state index is 0.00936. The van der Waals surface area contributed by atoms with Gasteiger partial charge in [0.15, 0.2) is 16.9 Å². The Labute approximate surface area is 258 Å². The van der Waals surface area contributed by atoms with Crippen molar-refractivity contribution in [2.45, 2.75) is 51.4 Å². The number of ether oxygens (including phenoxy) is 1. The Kier molecular flexibility index (Phi) is 8.97. The van der Waals surface area contributed by atoms with E-state index in [1.807, 2.05) is 65.2 Å². The van der Waals surface area contributed by atoms with Crippen molar-refractivity contribution >= 4 is 22.9 Å². The van der Waals surface area contributed by atoms with Gasteiger partial charge in [-0.05, 0) is 54.7 Å². The number of nitrogens with zero attached hydrogens (tertiary/aromatic N) is 5. The summed E-state index contributed by atoms with van der Waals surface area (Å²) < 4.78 is 33.0. The molecule has 1 unspecified atom stereocenters. The number of halogens is 2. The molecule has 0 saturated carbocycles. The zero-order chi connectivity index (χ0) is 31.3. The summed E-state index contributed by atoms with van der Waals surface area (Å²) in [7, 11) is 0. The summed E-state index contributed by atoms with van der Waals surface area (Å²) in [5.41, 5.74) is 8.91. The third kappa shape index (κ3) is 6.93. The molecule has 2 aromatic heterocycles. The van der Waals surface area contributed by atoms with E-state index in [0.29, 0.717) is 48.9 Å². The Balaban J connectivity index is 1.44. The molecule has 1 fully saturated rings. The van der Waals surface area contributed by atoms with Crippen LogP contribution in [0.25, 0.3) is 11.2 Å². The number of Topliss-reactive ketones (excluding diaryl/α,β-unsaturated/α-hetero) is 1. The monoisotopic (exact) mass is 612 g/mol. The molecule has 0 radical (unpaired) electrons. The highest BCUT2D eigenvalue weighted by Gasteiger charge is 2.27. The molecule has 0 amide bonds. The van der Waals surface area contributed by atoms with Gasteiger partial charge in [-0.25, -0.2) is 4.98 Å². The number of rotatable bonds is 11. The smallest absolute Gasteiger partial charge is 0.387 e. The van der Waals surface area contributed by atoms with Crippen LogP contribution in [0.15, 0.2) is 89.7 Å². The summed E-state index contributed by atoms with van der Waals surface area (Å²) in [4.78, 5) is 39.9. The van der Waals surface area contributed by atoms with E-state index >= 15 is 0 Å². The van der Waals surface area contributed by atoms with Gasteiger partial charge in [-0.2, -0.15) is 13.8 Å². The SMILES string of the molecule is NC1CCCN(c2nc3nc(CCc4ccccc4)n(CC(=O)c4ccc(OC(F)F)cc4)c(=O)c3n2Cc2ccccc2)C1. The standard InChI is InChI=1S/C34H34F2N6O3/c35-33(36)45-27-16-14-25(15-17-27)28(43)22-41-29(18-13-23-8-3-1-4-9-23)38-31-30(32(41)44)42(20-24-10-5-2-6-11-24)34(39-31)40-19-7-12-26(37)21-40/h1-6,8-11,14-17,26,33H,7,12-13,18-22,37H2. The van der Waals surface area contributed by atoms with Crippen LogP contribution < -0.4 is 20.9 Å². The highest BCUT2D eigenvalue weighted by Crippen LogP contribution is 2.25. The van der Waals surface area contributed by atoms with E-state index in [4.69, 9.17) is 15.7 Å². The second-order valence-corrected chi connectivity index (χ2v) is 11.2. The van der Waals surface area contributed by atoms with Crippen molar-refractivity contribution in [2.75, 3.05) is 18.0 Å². The molecular formula is C34H34F2N6O3. The van der Waals surface area contributed by atoms with Crippen LogP contribution >= 0.6 is 0 Å². The van der Waals surface area contributed by atoms with E-state index in [-0.39, 0.29) is 35.2 Å². The predicted molar refractivity (Wildman–Crippen MR) is 168 cm³/mol. The molecule has 45 heavy (non-hydrogen) atoms. The van der Waals surface area contributed by atoms with Gasteiger partial charge in [-0.3, -0.25) is 18.7 Å². The zero-order valence-corrected chi connectivity index (χ0v) is 24.7. The number of fused-ring (bicyclic) bond motifs is 1. The Morgan fingerprint density at radius 3 is 2.27 bits per heavy atom. The third-order valence-corrected chi connectivity index (χ3v) is 8.03. The minimum atomic E-state index is -2.97. The number of hydrogen-bond donors (Lipinski definition) is 1. The second kappa shape index (κ2) is 13.4. The van der Waals surface area contributed by atoms with Crippen molar-refractivity contribution in [2.24, 2.45) is 5.73 Å². The lowest BCUT2D eigenvalue weighted by Crippen LogP contribution is -2.44. The van der Waals surface area contributed by atoms with Gasteiger partial charge < -0.3 is 15.4 Å². The molecule has 1 saturated heterocycles. The van der Waals surface area contributed by atoms with Crippen LogP contribution in [0.2, 0.25) is 0 Å². The van der Waals surface area contributed by atoms with Gasteiger partial charge in [0.2, 0.25) is 5.95 Å². The molecule has 6 rings (SSSR count). The van der Waals surface area contributed by atoms with Gasteiger partial charge in [0, 0.05) is 31.1 Å². The van der Waals surface area contributed by atoms with Crippen LogP contribution in [0.1, 0.15) is 40.2 Å². The Morgan fingerprint density at radius 1 is 0.911 bits per heavy atom. The first-order valence-corrected chi connectivity index (χ1v) is 15.0. The maximum absolute atomic E-state index is 14.4. The van der Waals surface area contributed by atoms with E-state index in [2.05, 4.69) is 9.64 Å². The molecule has 9 nitrogen and oxygen atoms in total. The number of nitrogens with two attached hydrogens (primary N) is 1. The number of piperidine rings is 1. The second-order valence-electron chi connectivity index (χ2n) is 11.2. The Morgan fingerprint density at radius 2 is 1.60 bits per heavy atom. The summed E-state index contributed by atoms with van der Waals surface area (Å²) in [5, 5.41) is 0. The molecule has 1 aliphatic heterocycles. The predicted octanol–water partition coefficient (Wildman–Crippen LogP) is 4.84. The molecule has 3 heterocycles. The van der Waals surface area contributed by atoms with Crippen LogP contribution in [0.5, 0.6) is 5.75 Å². The number of carbonyl (C=O) groups excluding carboxylic acids is 1. The number of aryl methyl sites for hydroxylation is 2. The maximum atomic E-state index is 14.4. The number of anilines is 1.